The topological polar surface area (TPSA) is 96.3 Å². The summed E-state index contributed by atoms with van der Waals surface area (Å²) in [6.45, 7) is 0. The molecule has 0 bridgehead atoms. The molecule has 1 amide bonds. The second-order valence-corrected chi connectivity index (χ2v) is 6.36. The van der Waals surface area contributed by atoms with Gasteiger partial charge in [0.2, 0.25) is 0 Å². The molecule has 7 nitrogen and oxygen atoms in total. The van der Waals surface area contributed by atoms with Gasteiger partial charge < -0.3 is 10.0 Å². The van der Waals surface area contributed by atoms with E-state index in [9.17, 15) is 9.59 Å². The van der Waals surface area contributed by atoms with Crippen LogP contribution < -0.4 is 0 Å². The van der Waals surface area contributed by atoms with Crippen molar-refractivity contribution in [2.75, 3.05) is 14.1 Å². The standard InChI is InChI=1S/C12H12N4O3S2/c1-16(2)11(19)8-3-4-9(15-14-8)21-12-13-7(6-20-12)5-10(17)18/h3-4,6H,5H2,1-2H3,(H,17,18). The van der Waals surface area contributed by atoms with Crippen molar-refractivity contribution < 1.29 is 14.7 Å². The number of carboxylic acid groups (broad SMARTS) is 1. The Bertz CT molecular complexity index is 655. The smallest absolute Gasteiger partial charge is 0.309 e. The summed E-state index contributed by atoms with van der Waals surface area (Å²) in [4.78, 5) is 27.9. The molecule has 21 heavy (non-hydrogen) atoms. The first-order chi connectivity index (χ1) is 9.95. The third-order valence-electron chi connectivity index (χ3n) is 2.32. The fourth-order valence-corrected chi connectivity index (χ4v) is 3.07. The van der Waals surface area contributed by atoms with Gasteiger partial charge in [-0.3, -0.25) is 9.59 Å². The Morgan fingerprint density at radius 3 is 2.67 bits per heavy atom. The molecule has 9 heteroatoms. The van der Waals surface area contributed by atoms with E-state index in [-0.39, 0.29) is 18.0 Å². The Hall–Kier alpha value is -2.00. The van der Waals surface area contributed by atoms with E-state index in [0.29, 0.717) is 15.1 Å². The summed E-state index contributed by atoms with van der Waals surface area (Å²) in [7, 11) is 3.29. The Balaban J connectivity index is 2.05. The van der Waals surface area contributed by atoms with Crippen LogP contribution in [0.3, 0.4) is 0 Å². The fourth-order valence-electron chi connectivity index (χ4n) is 1.38. The number of nitrogens with zero attached hydrogens (tertiary/aromatic N) is 4. The molecule has 110 valence electrons. The fraction of sp³-hybridized carbons (Fsp3) is 0.250. The second-order valence-electron chi connectivity index (χ2n) is 4.23. The van der Waals surface area contributed by atoms with Crippen molar-refractivity contribution in [2.24, 2.45) is 0 Å². The van der Waals surface area contributed by atoms with Crippen LogP contribution in [0, 0.1) is 0 Å². The van der Waals surface area contributed by atoms with Gasteiger partial charge in [0.15, 0.2) is 10.0 Å². The molecule has 0 saturated carbocycles. The number of rotatable bonds is 5. The van der Waals surface area contributed by atoms with Gasteiger partial charge in [0, 0.05) is 19.5 Å². The zero-order chi connectivity index (χ0) is 15.4. The largest absolute Gasteiger partial charge is 0.481 e. The van der Waals surface area contributed by atoms with E-state index >= 15 is 0 Å². The molecule has 0 fully saturated rings. The quantitative estimate of drug-likeness (QED) is 0.888. The molecule has 1 N–H and O–H groups in total. The normalized spacial score (nSPS) is 10.4. The Kier molecular flexibility index (Phi) is 4.86. The van der Waals surface area contributed by atoms with Gasteiger partial charge in [-0.2, -0.15) is 0 Å². The molecule has 2 heterocycles. The molecule has 0 aliphatic carbocycles. The molecule has 0 radical (unpaired) electrons. The van der Waals surface area contributed by atoms with Crippen LogP contribution in [0.2, 0.25) is 0 Å². The number of carboxylic acids is 1. The van der Waals surface area contributed by atoms with Crippen molar-refractivity contribution in [1.29, 1.82) is 0 Å². The monoisotopic (exact) mass is 324 g/mol. The van der Waals surface area contributed by atoms with Gasteiger partial charge in [-0.05, 0) is 23.9 Å². The maximum atomic E-state index is 11.7. The number of aliphatic carboxylic acids is 1. The van der Waals surface area contributed by atoms with Gasteiger partial charge in [-0.15, -0.1) is 21.5 Å². The lowest BCUT2D eigenvalue weighted by atomic mass is 10.3. The minimum atomic E-state index is -0.914. The van der Waals surface area contributed by atoms with Crippen LogP contribution in [0.1, 0.15) is 16.2 Å². The average molecular weight is 324 g/mol. The first kappa shape index (κ1) is 15.4. The molecular weight excluding hydrogens is 312 g/mol. The third kappa shape index (κ3) is 4.23. The second kappa shape index (κ2) is 6.64. The first-order valence-electron chi connectivity index (χ1n) is 5.85. The highest BCUT2D eigenvalue weighted by Gasteiger charge is 2.12. The molecule has 0 saturated heterocycles. The maximum Gasteiger partial charge on any atom is 0.309 e. The van der Waals surface area contributed by atoms with E-state index in [2.05, 4.69) is 15.2 Å². The molecule has 0 atom stereocenters. The van der Waals surface area contributed by atoms with E-state index in [1.807, 2.05) is 0 Å². The zero-order valence-electron chi connectivity index (χ0n) is 11.3. The summed E-state index contributed by atoms with van der Waals surface area (Å²) < 4.78 is 0.687. The molecule has 2 rings (SSSR count). The van der Waals surface area contributed by atoms with Gasteiger partial charge in [-0.1, -0.05) is 0 Å². The molecular formula is C12H12N4O3S2. The number of thiazole rings is 1. The number of hydrogen-bond acceptors (Lipinski definition) is 7. The molecule has 0 unspecified atom stereocenters. The summed E-state index contributed by atoms with van der Waals surface area (Å²) in [6, 6.07) is 3.29. The minimum absolute atomic E-state index is 0.0982. The summed E-state index contributed by atoms with van der Waals surface area (Å²) in [5.41, 5.74) is 0.789. The molecule has 2 aromatic heterocycles. The van der Waals surface area contributed by atoms with Crippen LogP contribution in [0.4, 0.5) is 0 Å². The van der Waals surface area contributed by atoms with Crippen LogP contribution in [0.25, 0.3) is 0 Å². The van der Waals surface area contributed by atoms with Gasteiger partial charge in [0.25, 0.3) is 5.91 Å². The van der Waals surface area contributed by atoms with Crippen LogP contribution >= 0.6 is 23.1 Å². The number of amides is 1. The van der Waals surface area contributed by atoms with Gasteiger partial charge in [0.05, 0.1) is 12.1 Å². The van der Waals surface area contributed by atoms with Gasteiger partial charge in [-0.25, -0.2) is 4.98 Å². The Morgan fingerprint density at radius 2 is 2.10 bits per heavy atom. The third-order valence-corrected chi connectivity index (χ3v) is 4.23. The summed E-state index contributed by atoms with van der Waals surface area (Å²) in [5.74, 6) is -1.12. The van der Waals surface area contributed by atoms with E-state index < -0.39 is 5.97 Å². The average Bonchev–Trinajstić information content (AvgIpc) is 2.85. The Labute approximate surface area is 129 Å². The van der Waals surface area contributed by atoms with Crippen molar-refractivity contribution in [3.8, 4) is 0 Å². The van der Waals surface area contributed by atoms with Crippen molar-refractivity contribution in [3.05, 3.63) is 28.9 Å². The van der Waals surface area contributed by atoms with Crippen molar-refractivity contribution in [1.82, 2.24) is 20.1 Å². The number of aromatic nitrogens is 3. The Morgan fingerprint density at radius 1 is 1.33 bits per heavy atom. The molecule has 0 aromatic carbocycles. The SMILES string of the molecule is CN(C)C(=O)c1ccc(Sc2nc(CC(=O)O)cs2)nn1. The summed E-state index contributed by atoms with van der Waals surface area (Å²) >= 11 is 2.63. The van der Waals surface area contributed by atoms with E-state index in [0.717, 1.165) is 0 Å². The van der Waals surface area contributed by atoms with E-state index in [1.165, 1.54) is 28.0 Å². The van der Waals surface area contributed by atoms with Gasteiger partial charge >= 0.3 is 5.97 Å². The number of carbonyl (C=O) groups is 2. The molecule has 0 aliphatic heterocycles. The van der Waals surface area contributed by atoms with Crippen LogP contribution in [0.15, 0.2) is 26.9 Å². The number of hydrogen-bond donors (Lipinski definition) is 1. The predicted octanol–water partition coefficient (Wildman–Crippen LogP) is 1.41. The lowest BCUT2D eigenvalue weighted by Gasteiger charge is -2.08. The first-order valence-corrected chi connectivity index (χ1v) is 7.55. The highest BCUT2D eigenvalue weighted by molar-refractivity contribution is 8.00. The summed E-state index contributed by atoms with van der Waals surface area (Å²) in [6.07, 6.45) is -0.0982. The molecule has 2 aromatic rings. The highest BCUT2D eigenvalue weighted by Crippen LogP contribution is 2.28. The van der Waals surface area contributed by atoms with Crippen molar-refractivity contribution >= 4 is 35.0 Å². The van der Waals surface area contributed by atoms with Crippen LogP contribution in [-0.4, -0.2) is 51.2 Å². The predicted molar refractivity (Wildman–Crippen MR) is 77.6 cm³/mol. The van der Waals surface area contributed by atoms with Crippen molar-refractivity contribution in [2.45, 2.75) is 15.8 Å². The molecule has 0 spiro atoms. The number of carbonyl (C=O) groups excluding carboxylic acids is 1. The lowest BCUT2D eigenvalue weighted by Crippen LogP contribution is -2.23. The lowest BCUT2D eigenvalue weighted by molar-refractivity contribution is -0.136. The van der Waals surface area contributed by atoms with Crippen molar-refractivity contribution in [3.63, 3.8) is 0 Å². The highest BCUT2D eigenvalue weighted by atomic mass is 32.2. The van der Waals surface area contributed by atoms with Crippen LogP contribution in [-0.2, 0) is 11.2 Å². The van der Waals surface area contributed by atoms with Crippen LogP contribution in [0.5, 0.6) is 0 Å². The van der Waals surface area contributed by atoms with E-state index in [1.54, 1.807) is 31.6 Å². The maximum absolute atomic E-state index is 11.7. The summed E-state index contributed by atoms with van der Waals surface area (Å²) in [5, 5.41) is 18.8. The minimum Gasteiger partial charge on any atom is -0.481 e. The zero-order valence-corrected chi connectivity index (χ0v) is 12.9. The van der Waals surface area contributed by atoms with Gasteiger partial charge in [0.1, 0.15) is 5.03 Å². The molecule has 0 aliphatic rings. The van der Waals surface area contributed by atoms with E-state index in [4.69, 9.17) is 5.11 Å².